The smallest absolute Gasteiger partial charge is 0.277 e. The molecule has 3 aromatic rings. The number of carbonyl (C=O) groups excluding carboxylic acids is 1. The molecule has 1 aromatic carbocycles. The van der Waals surface area contributed by atoms with Crippen LogP contribution in [0.4, 0.5) is 11.5 Å². The number of rotatable bonds is 2. The topological polar surface area (TPSA) is 96.7 Å². The molecule has 0 saturated carbocycles. The highest BCUT2D eigenvalue weighted by molar-refractivity contribution is 9.10. The van der Waals surface area contributed by atoms with Gasteiger partial charge in [0, 0.05) is 17.3 Å². The van der Waals surface area contributed by atoms with Crippen molar-refractivity contribution in [3.63, 3.8) is 0 Å². The lowest BCUT2D eigenvalue weighted by Gasteiger charge is -2.04. The molecule has 0 aliphatic rings. The van der Waals surface area contributed by atoms with E-state index in [1.807, 2.05) is 0 Å². The number of nitrogens with zero attached hydrogens (tertiary/aromatic N) is 2. The van der Waals surface area contributed by atoms with Crippen LogP contribution in [0.15, 0.2) is 41.0 Å². The molecule has 0 aliphatic carbocycles. The Hall–Kier alpha value is -2.41. The Balaban J connectivity index is 1.97. The van der Waals surface area contributed by atoms with E-state index >= 15 is 0 Å². The van der Waals surface area contributed by atoms with Gasteiger partial charge in [-0.2, -0.15) is 5.10 Å². The fraction of sp³-hybridized carbons (Fsp3) is 0. The van der Waals surface area contributed by atoms with E-state index in [4.69, 9.17) is 5.73 Å². The Morgan fingerprint density at radius 2 is 2.20 bits per heavy atom. The van der Waals surface area contributed by atoms with Crippen LogP contribution < -0.4 is 11.1 Å². The monoisotopic (exact) mass is 331 g/mol. The highest BCUT2D eigenvalue weighted by Crippen LogP contribution is 2.22. The summed E-state index contributed by atoms with van der Waals surface area (Å²) < 4.78 is 0.702. The molecule has 2 aromatic heterocycles. The molecular weight excluding hydrogens is 322 g/mol. The van der Waals surface area contributed by atoms with E-state index in [0.29, 0.717) is 21.4 Å². The van der Waals surface area contributed by atoms with Crippen molar-refractivity contribution in [2.45, 2.75) is 0 Å². The normalized spacial score (nSPS) is 10.7. The third-order valence-corrected chi connectivity index (χ3v) is 3.43. The van der Waals surface area contributed by atoms with Gasteiger partial charge in [0.15, 0.2) is 5.69 Å². The molecule has 6 nitrogen and oxygen atoms in total. The zero-order chi connectivity index (χ0) is 14.1. The highest BCUT2D eigenvalue weighted by Gasteiger charge is 2.15. The first kappa shape index (κ1) is 12.6. The van der Waals surface area contributed by atoms with E-state index < -0.39 is 0 Å². The van der Waals surface area contributed by atoms with Gasteiger partial charge in [0.2, 0.25) is 0 Å². The second kappa shape index (κ2) is 4.93. The molecule has 0 spiro atoms. The second-order valence-corrected chi connectivity index (χ2v) is 5.02. The third kappa shape index (κ3) is 2.23. The Morgan fingerprint density at radius 1 is 1.35 bits per heavy atom. The van der Waals surface area contributed by atoms with Crippen molar-refractivity contribution >= 4 is 44.2 Å². The van der Waals surface area contributed by atoms with Crippen LogP contribution in [0.25, 0.3) is 10.9 Å². The molecule has 0 aliphatic heterocycles. The van der Waals surface area contributed by atoms with Crippen molar-refractivity contribution in [2.75, 3.05) is 11.1 Å². The average Bonchev–Trinajstić information content (AvgIpc) is 2.84. The van der Waals surface area contributed by atoms with E-state index in [9.17, 15) is 4.79 Å². The summed E-state index contributed by atoms with van der Waals surface area (Å²) in [5, 5.41) is 10.2. The highest BCUT2D eigenvalue weighted by atomic mass is 79.9. The quantitative estimate of drug-likeness (QED) is 0.628. The minimum absolute atomic E-state index is 0.282. The third-order valence-electron chi connectivity index (χ3n) is 2.79. The predicted molar refractivity (Wildman–Crippen MR) is 80.4 cm³/mol. The van der Waals surface area contributed by atoms with E-state index in [-0.39, 0.29) is 11.6 Å². The van der Waals surface area contributed by atoms with Gasteiger partial charge >= 0.3 is 0 Å². The number of hydrogen-bond donors (Lipinski definition) is 3. The summed E-state index contributed by atoms with van der Waals surface area (Å²) in [6.07, 6.45) is 1.60. The van der Waals surface area contributed by atoms with Gasteiger partial charge in [0.1, 0.15) is 5.82 Å². The average molecular weight is 332 g/mol. The Labute approximate surface area is 122 Å². The maximum absolute atomic E-state index is 12.3. The molecule has 2 heterocycles. The molecular formula is C13H10BrN5O. The molecule has 1 amide bonds. The minimum atomic E-state index is -0.346. The standard InChI is InChI=1S/C13H10BrN5O/c14-9-2-1-5-16-12(9)17-13(20)11-8-6-7(15)3-4-10(8)18-19-11/h1-6H,15H2,(H,18,19)(H,16,17,20). The molecule has 7 heteroatoms. The van der Waals surface area contributed by atoms with Gasteiger partial charge in [-0.1, -0.05) is 0 Å². The Bertz CT molecular complexity index is 798. The number of pyridine rings is 1. The van der Waals surface area contributed by atoms with Gasteiger partial charge in [0.25, 0.3) is 5.91 Å². The zero-order valence-electron chi connectivity index (χ0n) is 10.2. The first-order chi connectivity index (χ1) is 9.65. The van der Waals surface area contributed by atoms with Crippen molar-refractivity contribution in [3.8, 4) is 0 Å². The van der Waals surface area contributed by atoms with Gasteiger partial charge in [0.05, 0.1) is 9.99 Å². The number of amides is 1. The molecule has 100 valence electrons. The van der Waals surface area contributed by atoms with Gasteiger partial charge in [-0.05, 0) is 46.3 Å². The van der Waals surface area contributed by atoms with E-state index in [1.54, 1.807) is 36.5 Å². The molecule has 20 heavy (non-hydrogen) atoms. The van der Waals surface area contributed by atoms with Crippen LogP contribution in [0.3, 0.4) is 0 Å². The molecule has 0 bridgehead atoms. The second-order valence-electron chi connectivity index (χ2n) is 4.17. The number of nitrogens with one attached hydrogen (secondary N) is 2. The first-order valence-corrected chi connectivity index (χ1v) is 6.60. The van der Waals surface area contributed by atoms with Crippen LogP contribution in [0.1, 0.15) is 10.5 Å². The summed E-state index contributed by atoms with van der Waals surface area (Å²) in [4.78, 5) is 16.3. The lowest BCUT2D eigenvalue weighted by Crippen LogP contribution is -2.14. The molecule has 4 N–H and O–H groups in total. The number of nitrogens with two attached hydrogens (primary N) is 1. The van der Waals surface area contributed by atoms with Crippen molar-refractivity contribution in [1.82, 2.24) is 15.2 Å². The molecule has 0 fully saturated rings. The number of aromatic amines is 1. The molecule has 0 saturated heterocycles. The van der Waals surface area contributed by atoms with Crippen LogP contribution >= 0.6 is 15.9 Å². The van der Waals surface area contributed by atoms with Crippen LogP contribution in [0, 0.1) is 0 Å². The van der Waals surface area contributed by atoms with Gasteiger partial charge in [-0.25, -0.2) is 4.98 Å². The van der Waals surface area contributed by atoms with Crippen LogP contribution in [-0.2, 0) is 0 Å². The Morgan fingerprint density at radius 3 is 3.00 bits per heavy atom. The number of fused-ring (bicyclic) bond motifs is 1. The van der Waals surface area contributed by atoms with Crippen molar-refractivity contribution in [3.05, 3.63) is 46.7 Å². The summed E-state index contributed by atoms with van der Waals surface area (Å²) in [6, 6.07) is 8.80. The van der Waals surface area contributed by atoms with Gasteiger partial charge < -0.3 is 11.1 Å². The van der Waals surface area contributed by atoms with Crippen LogP contribution in [0.5, 0.6) is 0 Å². The number of nitrogen functional groups attached to an aromatic ring is 1. The van der Waals surface area contributed by atoms with E-state index in [1.165, 1.54) is 0 Å². The number of hydrogen-bond acceptors (Lipinski definition) is 4. The number of anilines is 2. The zero-order valence-corrected chi connectivity index (χ0v) is 11.8. The summed E-state index contributed by atoms with van der Waals surface area (Å²) in [5.41, 5.74) is 7.35. The molecule has 0 atom stereocenters. The maximum Gasteiger partial charge on any atom is 0.277 e. The molecule has 3 rings (SSSR count). The largest absolute Gasteiger partial charge is 0.399 e. The van der Waals surface area contributed by atoms with E-state index in [0.717, 1.165) is 5.52 Å². The lowest BCUT2D eigenvalue weighted by atomic mass is 10.2. The van der Waals surface area contributed by atoms with Gasteiger partial charge in [-0.3, -0.25) is 9.89 Å². The maximum atomic E-state index is 12.3. The van der Waals surface area contributed by atoms with Crippen LogP contribution in [0.2, 0.25) is 0 Å². The van der Waals surface area contributed by atoms with Crippen LogP contribution in [-0.4, -0.2) is 21.1 Å². The number of halogens is 1. The lowest BCUT2D eigenvalue weighted by molar-refractivity contribution is 0.102. The van der Waals surface area contributed by atoms with E-state index in [2.05, 4.69) is 36.4 Å². The SMILES string of the molecule is Nc1ccc2[nH]nc(C(=O)Nc3ncccc3Br)c2c1. The molecule has 0 unspecified atom stereocenters. The Kier molecular flexibility index (Phi) is 3.11. The number of aromatic nitrogens is 3. The number of H-pyrrole nitrogens is 1. The van der Waals surface area contributed by atoms with Crippen molar-refractivity contribution in [1.29, 1.82) is 0 Å². The number of carbonyl (C=O) groups is 1. The summed E-state index contributed by atoms with van der Waals surface area (Å²) >= 11 is 3.32. The first-order valence-electron chi connectivity index (χ1n) is 5.80. The summed E-state index contributed by atoms with van der Waals surface area (Å²) in [7, 11) is 0. The number of benzene rings is 1. The molecule has 0 radical (unpaired) electrons. The fourth-order valence-corrected chi connectivity index (χ4v) is 2.20. The van der Waals surface area contributed by atoms with Crippen molar-refractivity contribution in [2.24, 2.45) is 0 Å². The fourth-order valence-electron chi connectivity index (χ4n) is 1.85. The summed E-state index contributed by atoms with van der Waals surface area (Å²) in [5.74, 6) is 0.0961. The minimum Gasteiger partial charge on any atom is -0.399 e. The van der Waals surface area contributed by atoms with Gasteiger partial charge in [-0.15, -0.1) is 0 Å². The predicted octanol–water partition coefficient (Wildman–Crippen LogP) is 2.55. The summed E-state index contributed by atoms with van der Waals surface area (Å²) in [6.45, 7) is 0. The van der Waals surface area contributed by atoms with Crippen molar-refractivity contribution < 1.29 is 4.79 Å².